The van der Waals surface area contributed by atoms with E-state index in [0.717, 1.165) is 24.8 Å². The van der Waals surface area contributed by atoms with E-state index in [1.54, 1.807) is 19.1 Å². The van der Waals surface area contributed by atoms with E-state index in [1.807, 2.05) is 6.92 Å². The van der Waals surface area contributed by atoms with Crippen molar-refractivity contribution in [2.45, 2.75) is 174 Å². The largest absolute Gasteiger partial charge is 0.507 e. The Labute approximate surface area is 367 Å². The number of carbonyl (C=O) groups is 7. The van der Waals surface area contributed by atoms with Crippen molar-refractivity contribution in [1.82, 2.24) is 20.9 Å². The van der Waals surface area contributed by atoms with Crippen molar-refractivity contribution in [3.63, 3.8) is 0 Å². The minimum Gasteiger partial charge on any atom is -0.507 e. The molecule has 342 valence electrons. The number of phenolic OH excluding ortho intramolecular Hbond substituents is 2. The zero-order chi connectivity index (χ0) is 45.8. The third-order valence-corrected chi connectivity index (χ3v) is 11.7. The molecule has 62 heavy (non-hydrogen) atoms. The lowest BCUT2D eigenvalue weighted by Gasteiger charge is -2.29. The van der Waals surface area contributed by atoms with Crippen molar-refractivity contribution in [3.8, 4) is 22.6 Å². The van der Waals surface area contributed by atoms with E-state index in [1.165, 1.54) is 101 Å². The Bertz CT molecular complexity index is 1850. The predicted molar refractivity (Wildman–Crippen MR) is 239 cm³/mol. The normalized spacial score (nSPS) is 17.5. The molecule has 1 aliphatic heterocycles. The van der Waals surface area contributed by atoms with Gasteiger partial charge in [-0.1, -0.05) is 103 Å². The number of hydrogen-bond acceptors (Lipinski definition) is 9. The van der Waals surface area contributed by atoms with Gasteiger partial charge in [-0.25, -0.2) is 0 Å². The lowest BCUT2D eigenvalue weighted by molar-refractivity contribution is -0.140. The van der Waals surface area contributed by atoms with Gasteiger partial charge in [-0.05, 0) is 62.1 Å². The molecule has 1 heterocycles. The van der Waals surface area contributed by atoms with Gasteiger partial charge in [-0.2, -0.15) is 0 Å². The number of fused-ring (bicyclic) bond motifs is 5. The first kappa shape index (κ1) is 51.1. The first-order valence-corrected chi connectivity index (χ1v) is 22.7. The maximum absolute atomic E-state index is 14.0. The molecule has 14 heteroatoms. The topological polar surface area (TPSA) is 225 Å². The number of Topliss-reactive ketones (excluding diaryl/α,β-unsaturated/α-hetero) is 2. The summed E-state index contributed by atoms with van der Waals surface area (Å²) < 4.78 is 0. The average molecular weight is 862 g/mol. The van der Waals surface area contributed by atoms with E-state index < -0.39 is 65.7 Å². The summed E-state index contributed by atoms with van der Waals surface area (Å²) in [6, 6.07) is 5.43. The van der Waals surface area contributed by atoms with Crippen LogP contribution in [0.2, 0.25) is 0 Å². The third kappa shape index (κ3) is 16.9. The maximum Gasteiger partial charge on any atom is 0.243 e. The molecule has 0 fully saturated rings. The van der Waals surface area contributed by atoms with Crippen LogP contribution in [0, 0.1) is 5.92 Å². The molecular weight excluding hydrogens is 791 g/mol. The fourth-order valence-electron chi connectivity index (χ4n) is 7.93. The highest BCUT2D eigenvalue weighted by Crippen LogP contribution is 2.39. The minimum absolute atomic E-state index is 0.112. The van der Waals surface area contributed by atoms with Crippen LogP contribution in [-0.4, -0.2) is 81.4 Å². The number of amides is 5. The van der Waals surface area contributed by atoms with Gasteiger partial charge in [0.2, 0.25) is 29.5 Å². The summed E-state index contributed by atoms with van der Waals surface area (Å²) in [5, 5.41) is 29.7. The summed E-state index contributed by atoms with van der Waals surface area (Å²) in [5.74, 6) is -4.84. The molecule has 2 aromatic rings. The molecule has 0 spiro atoms. The number of carbonyl (C=O) groups excluding carboxylic acids is 7. The van der Waals surface area contributed by atoms with Gasteiger partial charge in [-0.3, -0.25) is 33.6 Å². The molecule has 1 aliphatic rings. The Hall–Kier alpha value is -5.27. The summed E-state index contributed by atoms with van der Waals surface area (Å²) in [6.45, 7) is 7.10. The van der Waals surface area contributed by atoms with Gasteiger partial charge in [0, 0.05) is 55.8 Å². The number of unbranched alkanes of at least 4 members (excludes halogenated alkanes) is 12. The number of likely N-dealkylation sites (N-methyl/N-ethyl adjacent to an activating group) is 1. The molecular formula is C48H71N5O9. The number of phenols is 2. The Balaban J connectivity index is 1.58. The van der Waals surface area contributed by atoms with Crippen molar-refractivity contribution in [3.05, 3.63) is 47.5 Å². The van der Waals surface area contributed by atoms with Crippen molar-refractivity contribution < 1.29 is 43.8 Å². The zero-order valence-corrected chi connectivity index (χ0v) is 37.6. The fraction of sp³-hybridized carbons (Fsp3) is 0.604. The first-order valence-electron chi connectivity index (χ1n) is 22.7. The number of nitrogens with two attached hydrogens (primary N) is 1. The minimum atomic E-state index is -1.28. The molecule has 4 bridgehead atoms. The second kappa shape index (κ2) is 26.3. The molecule has 0 unspecified atom stereocenters. The van der Waals surface area contributed by atoms with Crippen LogP contribution in [0.4, 0.5) is 0 Å². The Morgan fingerprint density at radius 1 is 0.774 bits per heavy atom. The van der Waals surface area contributed by atoms with Gasteiger partial charge in [0.25, 0.3) is 0 Å². The van der Waals surface area contributed by atoms with Crippen LogP contribution < -0.4 is 21.7 Å². The van der Waals surface area contributed by atoms with Crippen molar-refractivity contribution >= 4 is 41.1 Å². The Kier molecular flexibility index (Phi) is 21.6. The number of hydrogen-bond donors (Lipinski definition) is 6. The number of nitrogens with zero attached hydrogens (tertiary/aromatic N) is 1. The second-order valence-electron chi connectivity index (χ2n) is 17.2. The lowest BCUT2D eigenvalue weighted by atomic mass is 9.90. The number of primary amides is 1. The molecule has 0 saturated heterocycles. The molecule has 2 aromatic carbocycles. The number of nitrogens with one attached hydrogen (secondary N) is 3. The smallest absolute Gasteiger partial charge is 0.243 e. The van der Waals surface area contributed by atoms with Gasteiger partial charge in [0.1, 0.15) is 23.6 Å². The summed E-state index contributed by atoms with van der Waals surface area (Å²) in [7, 11) is 1.41. The highest BCUT2D eigenvalue weighted by molar-refractivity contribution is 5.97. The fourth-order valence-corrected chi connectivity index (χ4v) is 7.93. The van der Waals surface area contributed by atoms with E-state index in [9.17, 15) is 43.8 Å². The molecule has 7 N–H and O–H groups in total. The number of ketones is 2. The quantitative estimate of drug-likeness (QED) is 0.0623. The van der Waals surface area contributed by atoms with E-state index >= 15 is 0 Å². The highest BCUT2D eigenvalue weighted by Gasteiger charge is 2.33. The summed E-state index contributed by atoms with van der Waals surface area (Å²) in [6.07, 6.45) is 14.4. The Morgan fingerprint density at radius 2 is 1.34 bits per heavy atom. The first-order chi connectivity index (χ1) is 29.5. The van der Waals surface area contributed by atoms with Gasteiger partial charge < -0.3 is 36.8 Å². The van der Waals surface area contributed by atoms with Crippen LogP contribution in [0.5, 0.6) is 11.5 Å². The van der Waals surface area contributed by atoms with Crippen LogP contribution >= 0.6 is 0 Å². The molecule has 3 rings (SSSR count). The Morgan fingerprint density at radius 3 is 1.94 bits per heavy atom. The van der Waals surface area contributed by atoms with E-state index in [-0.39, 0.29) is 54.7 Å². The average Bonchev–Trinajstić information content (AvgIpc) is 3.21. The van der Waals surface area contributed by atoms with Crippen LogP contribution in [-0.2, 0) is 40.0 Å². The molecule has 5 atom stereocenters. The number of rotatable bonds is 24. The van der Waals surface area contributed by atoms with E-state index in [4.69, 9.17) is 5.73 Å². The van der Waals surface area contributed by atoms with Crippen LogP contribution in [0.1, 0.15) is 160 Å². The predicted octanol–water partition coefficient (Wildman–Crippen LogP) is 6.62. The van der Waals surface area contributed by atoms with Crippen molar-refractivity contribution in [2.75, 3.05) is 7.05 Å². The molecule has 0 radical (unpaired) electrons. The second-order valence-corrected chi connectivity index (χ2v) is 17.2. The molecule has 0 aliphatic carbocycles. The third-order valence-electron chi connectivity index (χ3n) is 11.7. The van der Waals surface area contributed by atoms with Crippen LogP contribution in [0.3, 0.4) is 0 Å². The summed E-state index contributed by atoms with van der Waals surface area (Å²) in [5.41, 5.74) is 7.06. The van der Waals surface area contributed by atoms with Crippen molar-refractivity contribution in [1.29, 1.82) is 0 Å². The summed E-state index contributed by atoms with van der Waals surface area (Å²) >= 11 is 0. The molecule has 0 saturated carbocycles. The standard InChI is InChI=1S/C48H71N5O9/c1-6-7-8-9-10-11-12-13-14-15-16-17-18-19-44(59)52-38(30-43(49)58)48(62)51-33(4)39(54)24-25-45(60)53(5)46-35-21-23-41(56)37(29-35)36-28-34(20-22-40(36)55)27-32(3)50-47(61)31(2)26-42(46)57/h20-23,28-29,31-33,38,46,55-56H,6-19,24-27,30H2,1-5H3,(H2,49,58)(H,50,61)(H,51,62)(H,52,59)/t31-,32-,33-,38-,46+/m1/s1. The maximum atomic E-state index is 14.0. The van der Waals surface area contributed by atoms with E-state index in [0.29, 0.717) is 24.0 Å². The van der Waals surface area contributed by atoms with Gasteiger partial charge >= 0.3 is 0 Å². The monoisotopic (exact) mass is 862 g/mol. The van der Waals surface area contributed by atoms with Gasteiger partial charge in [-0.15, -0.1) is 0 Å². The molecule has 5 amide bonds. The van der Waals surface area contributed by atoms with Gasteiger partial charge in [0.15, 0.2) is 11.6 Å². The highest BCUT2D eigenvalue weighted by atomic mass is 16.3. The van der Waals surface area contributed by atoms with Gasteiger partial charge in [0.05, 0.1) is 12.5 Å². The molecule has 14 nitrogen and oxygen atoms in total. The van der Waals surface area contributed by atoms with Crippen LogP contribution in [0.15, 0.2) is 36.4 Å². The zero-order valence-electron chi connectivity index (χ0n) is 37.6. The van der Waals surface area contributed by atoms with Crippen molar-refractivity contribution in [2.24, 2.45) is 11.7 Å². The number of benzene rings is 2. The SMILES string of the molecule is CCCCCCCCCCCCCCCC(=O)N[C@H](CC(N)=O)C(=O)N[C@H](C)C(=O)CCC(=O)N(C)[C@@H]1C(=O)C[C@@H](C)C(=O)N[C@H](C)Cc2ccc(O)c(c2)-c2cc1ccc2O. The number of aromatic hydroxyl groups is 2. The van der Waals surface area contributed by atoms with E-state index in [2.05, 4.69) is 22.9 Å². The lowest BCUT2D eigenvalue weighted by Crippen LogP contribution is -2.52. The summed E-state index contributed by atoms with van der Waals surface area (Å²) in [4.78, 5) is 93.0. The van der Waals surface area contributed by atoms with Crippen LogP contribution in [0.25, 0.3) is 11.1 Å². The molecule has 0 aromatic heterocycles.